The van der Waals surface area contributed by atoms with Crippen LogP contribution in [0.1, 0.15) is 50.7 Å². The van der Waals surface area contributed by atoms with Crippen LogP contribution in [-0.4, -0.2) is 31.4 Å². The Balaban J connectivity index is 0.000000523. The summed E-state index contributed by atoms with van der Waals surface area (Å²) in [5, 5.41) is 18.7. The van der Waals surface area contributed by atoms with Crippen LogP contribution in [-0.2, 0) is 21.7 Å². The normalized spacial score (nSPS) is 11.0. The molecule has 0 fully saturated rings. The molecular formula is C24H30O4Ti+2. The van der Waals surface area contributed by atoms with Crippen LogP contribution >= 0.6 is 0 Å². The van der Waals surface area contributed by atoms with Gasteiger partial charge in [-0.05, 0) is 37.1 Å². The summed E-state index contributed by atoms with van der Waals surface area (Å²) in [5.74, 6) is 0.649. The summed E-state index contributed by atoms with van der Waals surface area (Å²) in [4.78, 5) is 19.2. The Bertz CT molecular complexity index is 727. The number of rotatable bonds is 8. The van der Waals surface area contributed by atoms with Crippen molar-refractivity contribution in [3.8, 4) is 0 Å². The van der Waals surface area contributed by atoms with Crippen LogP contribution in [0.5, 0.6) is 0 Å². The van der Waals surface area contributed by atoms with Crippen LogP contribution in [0.2, 0.25) is 0 Å². The number of allylic oxidation sites excluding steroid dienone is 4. The molecule has 2 aromatic rings. The molecule has 2 aromatic carbocycles. The number of hydrogen-bond donors (Lipinski definition) is 2. The van der Waals surface area contributed by atoms with Gasteiger partial charge in [-0.2, -0.15) is 0 Å². The maximum Gasteiger partial charge on any atom is 0.350 e. The third kappa shape index (κ3) is 11.2. The Hall–Kier alpha value is -2.43. The molecule has 4 nitrogen and oxygen atoms in total. The molecule has 4 N–H and O–H groups in total. The summed E-state index contributed by atoms with van der Waals surface area (Å²) in [6.45, 7) is 3.95. The Morgan fingerprint density at radius 1 is 0.690 bits per heavy atom. The molecule has 0 atom stereocenters. The minimum atomic E-state index is 0. The van der Waals surface area contributed by atoms with E-state index in [4.69, 9.17) is 0 Å². The van der Waals surface area contributed by atoms with E-state index in [1.165, 1.54) is 12.2 Å². The van der Waals surface area contributed by atoms with E-state index in [9.17, 15) is 19.8 Å². The predicted molar refractivity (Wildman–Crippen MR) is 116 cm³/mol. The number of hydrogen-bond acceptors (Lipinski definition) is 2. The van der Waals surface area contributed by atoms with Gasteiger partial charge >= 0.3 is 11.6 Å². The van der Waals surface area contributed by atoms with Gasteiger partial charge in [-0.3, -0.25) is 9.59 Å². The zero-order chi connectivity index (χ0) is 20.8. The molecule has 5 heteroatoms. The van der Waals surface area contributed by atoms with E-state index in [1.54, 1.807) is 24.3 Å². The number of ketones is 2. The van der Waals surface area contributed by atoms with Gasteiger partial charge < -0.3 is 10.2 Å². The zero-order valence-electron chi connectivity index (χ0n) is 17.0. The van der Waals surface area contributed by atoms with Crippen molar-refractivity contribution in [3.63, 3.8) is 0 Å². The smallest absolute Gasteiger partial charge is 0.350 e. The van der Waals surface area contributed by atoms with Gasteiger partial charge in [0.1, 0.15) is 11.5 Å². The van der Waals surface area contributed by atoms with Crippen LogP contribution < -0.4 is 0 Å². The summed E-state index contributed by atoms with van der Waals surface area (Å²) < 4.78 is 0. The second-order valence-corrected chi connectivity index (χ2v) is 6.27. The van der Waals surface area contributed by atoms with Crippen LogP contribution in [0.3, 0.4) is 0 Å². The number of benzene rings is 2. The first-order valence-electron chi connectivity index (χ1n) is 9.49. The average molecular weight is 430 g/mol. The van der Waals surface area contributed by atoms with Gasteiger partial charge in [0.05, 0.1) is 23.3 Å². The van der Waals surface area contributed by atoms with E-state index in [0.717, 1.165) is 24.0 Å². The standard InChI is InChI=1S/2C12H14O2.Ti/c2*1-2-6-11(13)9-12(14)10-7-4-3-5-8-10;/h2*3-5,7-9,13H,2,6H2,1H3;/p+2/b2*11-9-;. The van der Waals surface area contributed by atoms with Crippen LogP contribution in [0.15, 0.2) is 84.3 Å². The monoisotopic (exact) mass is 430 g/mol. The summed E-state index contributed by atoms with van der Waals surface area (Å²) in [5.41, 5.74) is 1.44. The second kappa shape index (κ2) is 15.5. The molecule has 0 radical (unpaired) electrons. The average Bonchev–Trinajstić information content (AvgIpc) is 2.70. The second-order valence-electron chi connectivity index (χ2n) is 6.27. The Kier molecular flexibility index (Phi) is 14.2. The molecule has 0 amide bonds. The molecule has 0 aliphatic rings. The fourth-order valence-corrected chi connectivity index (χ4v) is 2.36. The van der Waals surface area contributed by atoms with Crippen LogP contribution in [0.25, 0.3) is 0 Å². The summed E-state index contributed by atoms with van der Waals surface area (Å²) in [6.07, 6.45) is 5.72. The third-order valence-electron chi connectivity index (χ3n) is 3.76. The Morgan fingerprint density at radius 3 is 1.28 bits per heavy atom. The molecule has 0 bridgehead atoms. The molecule has 152 valence electrons. The molecular weight excluding hydrogens is 400 g/mol. The van der Waals surface area contributed by atoms with E-state index in [1.807, 2.05) is 50.2 Å². The maximum absolute atomic E-state index is 9.60. The van der Waals surface area contributed by atoms with E-state index in [2.05, 4.69) is 0 Å². The third-order valence-corrected chi connectivity index (χ3v) is 3.76. The van der Waals surface area contributed by atoms with Gasteiger partial charge in [0.15, 0.2) is 0 Å². The first-order valence-corrected chi connectivity index (χ1v) is 9.49. The first kappa shape index (κ1) is 26.6. The van der Waals surface area contributed by atoms with E-state index in [-0.39, 0.29) is 44.8 Å². The molecule has 0 aliphatic carbocycles. The van der Waals surface area contributed by atoms with Gasteiger partial charge in [0.2, 0.25) is 0 Å². The van der Waals surface area contributed by atoms with E-state index >= 15 is 0 Å². The van der Waals surface area contributed by atoms with Crippen molar-refractivity contribution in [2.75, 3.05) is 0 Å². The van der Waals surface area contributed by atoms with Crippen molar-refractivity contribution in [2.24, 2.45) is 0 Å². The number of carbonyl (C=O) groups excluding carboxylic acids is 2. The summed E-state index contributed by atoms with van der Waals surface area (Å²) >= 11 is 0. The van der Waals surface area contributed by atoms with Crippen molar-refractivity contribution in [3.05, 3.63) is 95.5 Å². The van der Waals surface area contributed by atoms with Gasteiger partial charge in [-0.1, -0.05) is 50.2 Å². The zero-order valence-corrected chi connectivity index (χ0v) is 18.6. The molecule has 0 saturated carbocycles. The summed E-state index contributed by atoms with van der Waals surface area (Å²) in [7, 11) is 0. The first-order chi connectivity index (χ1) is 13.5. The van der Waals surface area contributed by atoms with Crippen molar-refractivity contribution in [1.82, 2.24) is 0 Å². The minimum absolute atomic E-state index is 0. The molecule has 0 unspecified atom stereocenters. The molecule has 0 saturated heterocycles. The van der Waals surface area contributed by atoms with Gasteiger partial charge in [-0.15, -0.1) is 0 Å². The van der Waals surface area contributed by atoms with E-state index in [0.29, 0.717) is 12.8 Å². The van der Waals surface area contributed by atoms with Crippen molar-refractivity contribution in [1.29, 1.82) is 0 Å². The van der Waals surface area contributed by atoms with E-state index < -0.39 is 0 Å². The Morgan fingerprint density at radius 2 is 1.00 bits per heavy atom. The van der Waals surface area contributed by atoms with Crippen molar-refractivity contribution in [2.45, 2.75) is 39.5 Å². The molecule has 2 rings (SSSR count). The van der Waals surface area contributed by atoms with Crippen molar-refractivity contribution < 1.29 is 41.5 Å². The minimum Gasteiger partial charge on any atom is -0.512 e. The number of aliphatic hydroxyl groups excluding tert-OH is 2. The van der Waals surface area contributed by atoms with Gasteiger partial charge in [0.25, 0.3) is 0 Å². The molecule has 0 spiro atoms. The van der Waals surface area contributed by atoms with Crippen LogP contribution in [0.4, 0.5) is 0 Å². The predicted octanol–water partition coefficient (Wildman–Crippen LogP) is 5.64. The largest absolute Gasteiger partial charge is 0.512 e. The van der Waals surface area contributed by atoms with Crippen LogP contribution in [0, 0.1) is 0 Å². The molecule has 0 aromatic heterocycles. The fourth-order valence-electron chi connectivity index (χ4n) is 2.36. The fraction of sp³-hybridized carbons (Fsp3) is 0.250. The topological polar surface area (TPSA) is 83.3 Å². The SMILES string of the molecule is CCC/C(O)=C/C(=[OH+])c1ccccc1.CCC/C(O)=C/C(=[OH+])c1ccccc1.[Ti]. The summed E-state index contributed by atoms with van der Waals surface area (Å²) in [6, 6.07) is 18.3. The van der Waals surface area contributed by atoms with Crippen molar-refractivity contribution >= 4 is 11.6 Å². The van der Waals surface area contributed by atoms with Gasteiger partial charge in [-0.25, -0.2) is 0 Å². The number of aliphatic hydroxyl groups is 2. The molecule has 0 aliphatic heterocycles. The maximum atomic E-state index is 9.60. The molecule has 0 heterocycles. The molecule has 29 heavy (non-hydrogen) atoms. The Labute approximate surface area is 187 Å². The van der Waals surface area contributed by atoms with Gasteiger partial charge in [0, 0.05) is 34.6 Å². The quantitative estimate of drug-likeness (QED) is 0.187.